The Bertz CT molecular complexity index is 843. The smallest absolute Gasteiger partial charge is 0.172 e. The first-order chi connectivity index (χ1) is 13.1. The Morgan fingerprint density at radius 2 is 1.33 bits per heavy atom. The largest absolute Gasteiger partial charge is 0.293 e. The molecule has 0 bridgehead atoms. The van der Waals surface area contributed by atoms with Crippen molar-refractivity contribution >= 4 is 17.5 Å². The van der Waals surface area contributed by atoms with Crippen molar-refractivity contribution in [1.29, 1.82) is 0 Å². The van der Waals surface area contributed by atoms with Crippen LogP contribution in [0.5, 0.6) is 0 Å². The lowest BCUT2D eigenvalue weighted by Gasteiger charge is -2.38. The van der Waals surface area contributed by atoms with Crippen molar-refractivity contribution in [3.05, 3.63) is 108 Å². The van der Waals surface area contributed by atoms with E-state index >= 15 is 0 Å². The Kier molecular flexibility index (Phi) is 6.52. The molecule has 2 heteroatoms. The maximum Gasteiger partial charge on any atom is 0.172 e. The number of thioether (sulfide) groups is 1. The summed E-state index contributed by atoms with van der Waals surface area (Å²) < 4.78 is -0.146. The van der Waals surface area contributed by atoms with Crippen molar-refractivity contribution in [3.8, 4) is 0 Å². The van der Waals surface area contributed by atoms with Crippen molar-refractivity contribution in [1.82, 2.24) is 0 Å². The summed E-state index contributed by atoms with van der Waals surface area (Å²) in [6.45, 7) is 4.52. The van der Waals surface area contributed by atoms with Crippen LogP contribution in [0.25, 0.3) is 0 Å². The van der Waals surface area contributed by atoms with Gasteiger partial charge in [0, 0.05) is 10.3 Å². The molecule has 1 nitrogen and oxygen atoms in total. The van der Waals surface area contributed by atoms with Crippen LogP contribution < -0.4 is 0 Å². The van der Waals surface area contributed by atoms with E-state index in [0.29, 0.717) is 11.7 Å². The van der Waals surface area contributed by atoms with Gasteiger partial charge in [-0.25, -0.2) is 0 Å². The zero-order valence-electron chi connectivity index (χ0n) is 16.0. The van der Waals surface area contributed by atoms with Gasteiger partial charge in [0.25, 0.3) is 0 Å². The molecule has 0 aliphatic heterocycles. The first kappa shape index (κ1) is 19.4. The number of Topliss-reactive ketones (excluding diaryl/α,β-unsaturated/α-hetero) is 1. The van der Waals surface area contributed by atoms with E-state index in [0.717, 1.165) is 12.0 Å². The summed E-state index contributed by atoms with van der Waals surface area (Å²) in [5, 5.41) is 0. The topological polar surface area (TPSA) is 17.1 Å². The molecule has 0 radical (unpaired) electrons. The minimum atomic E-state index is -0.146. The predicted octanol–water partition coefficient (Wildman–Crippen LogP) is 6.40. The molecule has 0 heterocycles. The second-order valence-electron chi connectivity index (χ2n) is 7.15. The number of ketones is 1. The van der Waals surface area contributed by atoms with Crippen LogP contribution in [0.4, 0.5) is 0 Å². The van der Waals surface area contributed by atoms with Gasteiger partial charge in [-0.2, -0.15) is 0 Å². The number of hydrogen-bond acceptors (Lipinski definition) is 2. The third kappa shape index (κ3) is 4.70. The molecule has 0 amide bonds. The van der Waals surface area contributed by atoms with E-state index in [9.17, 15) is 4.79 Å². The van der Waals surface area contributed by atoms with E-state index in [4.69, 9.17) is 0 Å². The second-order valence-corrected chi connectivity index (χ2v) is 8.46. The fraction of sp³-hybridized carbons (Fsp3) is 0.240. The van der Waals surface area contributed by atoms with Gasteiger partial charge in [-0.1, -0.05) is 105 Å². The van der Waals surface area contributed by atoms with E-state index in [-0.39, 0.29) is 10.5 Å². The molecule has 27 heavy (non-hydrogen) atoms. The number of hydrogen-bond donors (Lipinski definition) is 0. The molecule has 138 valence electrons. The summed E-state index contributed by atoms with van der Waals surface area (Å²) in [7, 11) is 0. The zero-order chi connectivity index (χ0) is 19.1. The van der Waals surface area contributed by atoms with Gasteiger partial charge in [-0.15, -0.1) is 11.8 Å². The van der Waals surface area contributed by atoms with Crippen LogP contribution >= 0.6 is 11.8 Å². The molecular formula is C25H26OS. The summed E-state index contributed by atoms with van der Waals surface area (Å²) >= 11 is 1.78. The molecule has 3 aromatic carbocycles. The lowest BCUT2D eigenvalue weighted by atomic mass is 9.82. The minimum absolute atomic E-state index is 0.146. The number of rotatable bonds is 8. The Morgan fingerprint density at radius 1 is 0.815 bits per heavy atom. The summed E-state index contributed by atoms with van der Waals surface area (Å²) in [5.74, 6) is 1.05. The van der Waals surface area contributed by atoms with Gasteiger partial charge in [0.05, 0.1) is 5.75 Å². The first-order valence-corrected chi connectivity index (χ1v) is 10.4. The average Bonchev–Trinajstić information content (AvgIpc) is 2.72. The van der Waals surface area contributed by atoms with Gasteiger partial charge in [0.1, 0.15) is 0 Å². The van der Waals surface area contributed by atoms with Gasteiger partial charge < -0.3 is 0 Å². The van der Waals surface area contributed by atoms with Crippen molar-refractivity contribution in [2.24, 2.45) is 5.92 Å². The molecule has 0 spiro atoms. The molecule has 0 saturated carbocycles. The maximum absolute atomic E-state index is 12.8. The molecule has 0 saturated heterocycles. The molecule has 1 atom stereocenters. The summed E-state index contributed by atoms with van der Waals surface area (Å²) in [4.78, 5) is 12.8. The minimum Gasteiger partial charge on any atom is -0.293 e. The van der Waals surface area contributed by atoms with Gasteiger partial charge in [-0.05, 0) is 23.5 Å². The van der Waals surface area contributed by atoms with Gasteiger partial charge in [0.2, 0.25) is 0 Å². The lowest BCUT2D eigenvalue weighted by Crippen LogP contribution is -2.32. The highest BCUT2D eigenvalue weighted by Crippen LogP contribution is 2.46. The molecule has 1 unspecified atom stereocenters. The van der Waals surface area contributed by atoms with Crippen molar-refractivity contribution in [3.63, 3.8) is 0 Å². The van der Waals surface area contributed by atoms with Crippen LogP contribution in [0.15, 0.2) is 91.0 Å². The summed E-state index contributed by atoms with van der Waals surface area (Å²) in [5.41, 5.74) is 3.37. The first-order valence-electron chi connectivity index (χ1n) is 9.43. The SMILES string of the molecule is CC(C)C(Cc1ccccc1)(SCC(=O)c1ccccc1)c1ccccc1. The summed E-state index contributed by atoms with van der Waals surface area (Å²) in [6, 6.07) is 30.8. The Balaban J connectivity index is 1.92. The second kappa shape index (κ2) is 9.05. The van der Waals surface area contributed by atoms with E-state index in [1.165, 1.54) is 11.1 Å². The van der Waals surface area contributed by atoms with Gasteiger partial charge in [0.15, 0.2) is 5.78 Å². The molecular weight excluding hydrogens is 348 g/mol. The highest BCUT2D eigenvalue weighted by atomic mass is 32.2. The monoisotopic (exact) mass is 374 g/mol. The van der Waals surface area contributed by atoms with Gasteiger partial charge >= 0.3 is 0 Å². The van der Waals surface area contributed by atoms with E-state index in [1.807, 2.05) is 30.3 Å². The number of benzene rings is 3. The Labute approximate surface area is 166 Å². The third-order valence-electron chi connectivity index (χ3n) is 5.06. The maximum atomic E-state index is 12.8. The average molecular weight is 375 g/mol. The highest BCUT2D eigenvalue weighted by molar-refractivity contribution is 8.00. The quantitative estimate of drug-likeness (QED) is 0.425. The van der Waals surface area contributed by atoms with Gasteiger partial charge in [-0.3, -0.25) is 4.79 Å². The summed E-state index contributed by atoms with van der Waals surface area (Å²) in [6.07, 6.45) is 0.905. The number of carbonyl (C=O) groups excluding carboxylic acids is 1. The molecule has 0 N–H and O–H groups in total. The molecule has 0 aromatic heterocycles. The molecule has 3 rings (SSSR count). The number of carbonyl (C=O) groups is 1. The molecule has 0 fully saturated rings. The van der Waals surface area contributed by atoms with Crippen LogP contribution in [0, 0.1) is 5.92 Å². The molecule has 0 aliphatic carbocycles. The predicted molar refractivity (Wildman–Crippen MR) is 116 cm³/mol. The fourth-order valence-electron chi connectivity index (χ4n) is 3.46. The van der Waals surface area contributed by atoms with Crippen LogP contribution in [-0.2, 0) is 11.2 Å². The van der Waals surface area contributed by atoms with Crippen LogP contribution in [0.2, 0.25) is 0 Å². The Hall–Kier alpha value is -2.32. The fourth-order valence-corrected chi connectivity index (χ4v) is 4.92. The molecule has 0 aliphatic rings. The van der Waals surface area contributed by atoms with Crippen molar-refractivity contribution < 1.29 is 4.79 Å². The Morgan fingerprint density at radius 3 is 1.89 bits per heavy atom. The third-order valence-corrected chi connectivity index (χ3v) is 6.83. The van der Waals surface area contributed by atoms with E-state index in [2.05, 4.69) is 74.5 Å². The van der Waals surface area contributed by atoms with Crippen molar-refractivity contribution in [2.45, 2.75) is 25.0 Å². The van der Waals surface area contributed by atoms with Crippen LogP contribution in [0.1, 0.15) is 35.3 Å². The van der Waals surface area contributed by atoms with Crippen LogP contribution in [0.3, 0.4) is 0 Å². The van der Waals surface area contributed by atoms with Crippen LogP contribution in [-0.4, -0.2) is 11.5 Å². The van der Waals surface area contributed by atoms with E-state index < -0.39 is 0 Å². The highest BCUT2D eigenvalue weighted by Gasteiger charge is 2.37. The van der Waals surface area contributed by atoms with Crippen molar-refractivity contribution in [2.75, 3.05) is 5.75 Å². The normalized spacial score (nSPS) is 13.3. The zero-order valence-corrected chi connectivity index (χ0v) is 16.8. The molecule has 3 aromatic rings. The van der Waals surface area contributed by atoms with E-state index in [1.54, 1.807) is 11.8 Å². The lowest BCUT2D eigenvalue weighted by molar-refractivity contribution is 0.102. The standard InChI is InChI=1S/C25H26OS/c1-20(2)25(23-16-10-5-11-17-23,18-21-12-6-3-7-13-21)27-19-24(26)22-14-8-4-9-15-22/h3-17,20H,18-19H2,1-2H3.